The van der Waals surface area contributed by atoms with Gasteiger partial charge in [-0.2, -0.15) is 0 Å². The highest BCUT2D eigenvalue weighted by Gasteiger charge is 2.62. The zero-order valence-corrected chi connectivity index (χ0v) is 31.5. The Kier molecular flexibility index (Phi) is 11.1. The minimum atomic E-state index is -3.18. The molecule has 0 spiro atoms. The number of esters is 1. The molecule has 0 aromatic heterocycles. The summed E-state index contributed by atoms with van der Waals surface area (Å²) in [4.78, 5) is 12.8. The van der Waals surface area contributed by atoms with E-state index < -0.39 is 55.1 Å². The molecule has 2 atom stereocenters. The van der Waals surface area contributed by atoms with Crippen molar-refractivity contribution in [2.45, 2.75) is 129 Å². The van der Waals surface area contributed by atoms with Crippen LogP contribution in [-0.2, 0) is 21.9 Å². The van der Waals surface area contributed by atoms with Crippen molar-refractivity contribution in [3.63, 3.8) is 0 Å². The standard InChI is InChI=1S/C23H56O5Si6/c1-20(2)22(24)25-23(3,30(7,8)9)19-21(29(4,5)6)34(26-31(10,11)12,27-32(13,14)15)28-33(16,17)18/h21H,1,19H2,2-18H3. The highest BCUT2D eigenvalue weighted by molar-refractivity contribution is 6.99. The van der Waals surface area contributed by atoms with Gasteiger partial charge >= 0.3 is 14.8 Å². The lowest BCUT2D eigenvalue weighted by molar-refractivity contribution is -0.147. The molecule has 5 nitrogen and oxygen atoms in total. The molecule has 11 heteroatoms. The van der Waals surface area contributed by atoms with Gasteiger partial charge in [0.1, 0.15) is 0 Å². The molecular formula is C23H56O5Si6. The lowest BCUT2D eigenvalue weighted by atomic mass is 10.3. The van der Waals surface area contributed by atoms with Gasteiger partial charge in [-0.05, 0) is 79.2 Å². The van der Waals surface area contributed by atoms with Crippen molar-refractivity contribution >= 4 is 55.9 Å². The van der Waals surface area contributed by atoms with E-state index in [1.165, 1.54) is 0 Å². The molecule has 0 amide bonds. The monoisotopic (exact) mass is 580 g/mol. The van der Waals surface area contributed by atoms with E-state index in [1.807, 2.05) is 0 Å². The fourth-order valence-electron chi connectivity index (χ4n) is 3.70. The zero-order chi connectivity index (χ0) is 27.8. The van der Waals surface area contributed by atoms with E-state index >= 15 is 0 Å². The van der Waals surface area contributed by atoms with Gasteiger partial charge in [-0.3, -0.25) is 0 Å². The largest absolute Gasteiger partial charge is 0.470 e. The summed E-state index contributed by atoms with van der Waals surface area (Å²) in [5, 5.41) is -0.486. The van der Waals surface area contributed by atoms with E-state index in [4.69, 9.17) is 17.1 Å². The molecule has 0 aliphatic rings. The number of hydrogen-bond acceptors (Lipinski definition) is 5. The molecule has 0 aromatic carbocycles. The molecule has 0 fully saturated rings. The summed E-state index contributed by atoms with van der Waals surface area (Å²) in [5.41, 5.74) is 0.438. The quantitative estimate of drug-likeness (QED) is 0.126. The average Bonchev–Trinajstić information content (AvgIpc) is 2.44. The van der Waals surface area contributed by atoms with E-state index in [1.54, 1.807) is 6.92 Å². The number of carbonyl (C=O) groups excluding carboxylic acids is 1. The maximum absolute atomic E-state index is 12.8. The Morgan fingerprint density at radius 1 is 0.735 bits per heavy atom. The maximum atomic E-state index is 12.8. The first kappa shape index (κ1) is 34.4. The lowest BCUT2D eigenvalue weighted by Gasteiger charge is -2.52. The molecule has 0 aliphatic carbocycles. The van der Waals surface area contributed by atoms with Crippen LogP contribution in [0.5, 0.6) is 0 Å². The Morgan fingerprint density at radius 2 is 1.06 bits per heavy atom. The van der Waals surface area contributed by atoms with Crippen LogP contribution in [0.3, 0.4) is 0 Å². The predicted molar refractivity (Wildman–Crippen MR) is 163 cm³/mol. The SMILES string of the molecule is C=C(C)C(=O)OC(C)(CC([Si](C)(C)C)[Si](O[Si](C)(C)C)(O[Si](C)(C)C)O[Si](C)(C)C)[Si](C)(C)C. The van der Waals surface area contributed by atoms with Gasteiger partial charge in [0.05, 0.1) is 21.4 Å². The minimum absolute atomic E-state index is 0.111. The van der Waals surface area contributed by atoms with Crippen molar-refractivity contribution in [1.82, 2.24) is 0 Å². The van der Waals surface area contributed by atoms with E-state index in [0.717, 1.165) is 0 Å². The topological polar surface area (TPSA) is 54.0 Å². The molecule has 0 heterocycles. The Morgan fingerprint density at radius 3 is 1.26 bits per heavy atom. The predicted octanol–water partition coefficient (Wildman–Crippen LogP) is 7.87. The smallest absolute Gasteiger partial charge is 0.460 e. The molecule has 0 bridgehead atoms. The molecule has 2 unspecified atom stereocenters. The van der Waals surface area contributed by atoms with Gasteiger partial charge in [-0.1, -0.05) is 45.9 Å². The zero-order valence-electron chi connectivity index (χ0n) is 25.5. The van der Waals surface area contributed by atoms with Crippen LogP contribution < -0.4 is 0 Å². The molecule has 0 saturated heterocycles. The number of ether oxygens (including phenoxy) is 1. The molecule has 0 N–H and O–H groups in total. The van der Waals surface area contributed by atoms with Crippen molar-refractivity contribution in [3.05, 3.63) is 12.2 Å². The Labute approximate surface area is 218 Å². The maximum Gasteiger partial charge on any atom is 0.470 e. The molecule has 34 heavy (non-hydrogen) atoms. The highest BCUT2D eigenvalue weighted by Crippen LogP contribution is 2.47. The molecule has 0 saturated carbocycles. The number of hydrogen-bond donors (Lipinski definition) is 0. The van der Waals surface area contributed by atoms with Crippen LogP contribution in [0.1, 0.15) is 20.3 Å². The van der Waals surface area contributed by atoms with Gasteiger partial charge in [0.25, 0.3) is 0 Å². The van der Waals surface area contributed by atoms with Crippen molar-refractivity contribution in [2.24, 2.45) is 0 Å². The fourth-order valence-corrected chi connectivity index (χ4v) is 26.4. The van der Waals surface area contributed by atoms with Crippen LogP contribution in [-0.4, -0.2) is 61.1 Å². The van der Waals surface area contributed by atoms with Crippen LogP contribution >= 0.6 is 0 Å². The number of carbonyl (C=O) groups is 1. The first-order valence-electron chi connectivity index (χ1n) is 12.5. The van der Waals surface area contributed by atoms with Gasteiger partial charge in [0, 0.05) is 10.7 Å². The molecule has 202 valence electrons. The summed E-state index contributed by atoms with van der Waals surface area (Å²) in [7, 11) is -13.2. The van der Waals surface area contributed by atoms with Crippen LogP contribution in [0.2, 0.25) is 103 Å². The number of rotatable bonds is 13. The van der Waals surface area contributed by atoms with Crippen LogP contribution in [0, 0.1) is 0 Å². The third kappa shape index (κ3) is 11.2. The summed E-state index contributed by atoms with van der Waals surface area (Å²) in [6, 6.07) is 0. The van der Waals surface area contributed by atoms with Crippen molar-refractivity contribution in [1.29, 1.82) is 0 Å². The Balaban J connectivity index is 7.18. The molecular weight excluding hydrogens is 525 g/mol. The lowest BCUT2D eigenvalue weighted by Crippen LogP contribution is -2.68. The van der Waals surface area contributed by atoms with E-state index in [-0.39, 0.29) is 11.1 Å². The average molecular weight is 581 g/mol. The summed E-state index contributed by atoms with van der Waals surface area (Å²) >= 11 is 0. The third-order valence-corrected chi connectivity index (χ3v) is 26.9. The van der Waals surface area contributed by atoms with Crippen LogP contribution in [0.15, 0.2) is 12.2 Å². The van der Waals surface area contributed by atoms with Crippen LogP contribution in [0.4, 0.5) is 0 Å². The van der Waals surface area contributed by atoms with Crippen molar-refractivity contribution < 1.29 is 21.9 Å². The summed E-state index contributed by atoms with van der Waals surface area (Å²) in [5.74, 6) is -0.310. The molecule has 0 radical (unpaired) electrons. The second kappa shape index (κ2) is 11.0. The Hall–Kier alpha value is 0.391. The van der Waals surface area contributed by atoms with Gasteiger partial charge in [0.2, 0.25) is 0 Å². The molecule has 0 aliphatic heterocycles. The summed E-state index contributed by atoms with van der Waals surface area (Å²) in [6.07, 6.45) is 0.711. The first-order chi connectivity index (χ1) is 14.5. The third-order valence-electron chi connectivity index (χ3n) is 5.66. The Bertz CT molecular complexity index is 682. The second-order valence-corrected chi connectivity index (χ2v) is 43.6. The van der Waals surface area contributed by atoms with Gasteiger partial charge in [-0.25, -0.2) is 4.79 Å². The summed E-state index contributed by atoms with van der Waals surface area (Å²) in [6.45, 7) is 41.8. The van der Waals surface area contributed by atoms with E-state index in [9.17, 15) is 4.79 Å². The van der Waals surface area contributed by atoms with E-state index in [2.05, 4.69) is 112 Å². The van der Waals surface area contributed by atoms with E-state index in [0.29, 0.717) is 12.0 Å². The van der Waals surface area contributed by atoms with Crippen molar-refractivity contribution in [2.75, 3.05) is 0 Å². The molecule has 0 aromatic rings. The van der Waals surface area contributed by atoms with Gasteiger partial charge in [0.15, 0.2) is 25.0 Å². The van der Waals surface area contributed by atoms with Gasteiger partial charge in [-0.15, -0.1) is 0 Å². The normalized spacial score (nSPS) is 17.2. The highest BCUT2D eigenvalue weighted by atomic mass is 28.5. The van der Waals surface area contributed by atoms with Crippen LogP contribution in [0.25, 0.3) is 0 Å². The minimum Gasteiger partial charge on any atom is -0.460 e. The fraction of sp³-hybridized carbons (Fsp3) is 0.870. The first-order valence-corrected chi connectivity index (χ1v) is 31.6. The molecule has 0 rings (SSSR count). The summed E-state index contributed by atoms with van der Waals surface area (Å²) < 4.78 is 27.8. The second-order valence-electron chi connectivity index (χ2n) is 15.0. The van der Waals surface area contributed by atoms with Gasteiger partial charge < -0.3 is 17.1 Å². The van der Waals surface area contributed by atoms with Crippen molar-refractivity contribution in [3.8, 4) is 0 Å².